The lowest BCUT2D eigenvalue weighted by molar-refractivity contribution is 1.17. The quantitative estimate of drug-likeness (QED) is 0.352. The molecule has 0 aliphatic heterocycles. The van der Waals surface area contributed by atoms with E-state index in [2.05, 4.69) is 70.0 Å². The van der Waals surface area contributed by atoms with E-state index in [0.717, 1.165) is 39.1 Å². The highest BCUT2D eigenvalue weighted by Gasteiger charge is 2.12. The van der Waals surface area contributed by atoms with Crippen molar-refractivity contribution in [2.75, 3.05) is 0 Å². The molecule has 0 amide bonds. The minimum absolute atomic E-state index is 0.845. The molecule has 0 aliphatic carbocycles. The lowest BCUT2D eigenvalue weighted by Crippen LogP contribution is -1.97. The van der Waals surface area contributed by atoms with Crippen LogP contribution >= 0.6 is 0 Å². The largest absolute Gasteiger partial charge is 0.298 e. The normalized spacial score (nSPS) is 11.2. The average Bonchev–Trinajstić information content (AvgIpc) is 3.35. The second kappa shape index (κ2) is 7.18. The van der Waals surface area contributed by atoms with Crippen LogP contribution in [0.25, 0.3) is 50.2 Å². The molecule has 2 aromatic carbocycles. The Kier molecular flexibility index (Phi) is 4.06. The van der Waals surface area contributed by atoms with Gasteiger partial charge in [0, 0.05) is 41.5 Å². The molecule has 0 saturated heterocycles. The van der Waals surface area contributed by atoms with Gasteiger partial charge in [-0.3, -0.25) is 9.38 Å². The van der Waals surface area contributed by atoms with E-state index in [1.54, 1.807) is 6.20 Å². The fourth-order valence-corrected chi connectivity index (χ4v) is 4.01. The molecule has 31 heavy (non-hydrogen) atoms. The molecule has 0 N–H and O–H groups in total. The first-order valence-corrected chi connectivity index (χ1v) is 10.2. The summed E-state index contributed by atoms with van der Waals surface area (Å²) in [5.41, 5.74) is 9.20. The van der Waals surface area contributed by atoms with E-state index in [1.165, 1.54) is 11.1 Å². The van der Waals surface area contributed by atoms with Crippen molar-refractivity contribution in [3.05, 3.63) is 110 Å². The van der Waals surface area contributed by atoms with E-state index in [4.69, 9.17) is 9.97 Å². The molecule has 4 aromatic heterocycles. The van der Waals surface area contributed by atoms with Gasteiger partial charge in [-0.25, -0.2) is 9.97 Å². The third-order valence-electron chi connectivity index (χ3n) is 5.56. The predicted molar refractivity (Wildman–Crippen MR) is 125 cm³/mol. The number of hydrogen-bond acceptors (Lipinski definition) is 3. The maximum absolute atomic E-state index is 5.03. The Labute approximate surface area is 179 Å². The summed E-state index contributed by atoms with van der Waals surface area (Å²) in [5.74, 6) is 0. The molecule has 4 nitrogen and oxygen atoms in total. The Balaban J connectivity index is 1.51. The fraction of sp³-hybridized carbons (Fsp3) is 0. The van der Waals surface area contributed by atoms with Gasteiger partial charge in [0.05, 0.1) is 11.2 Å². The maximum atomic E-state index is 5.03. The van der Waals surface area contributed by atoms with E-state index in [0.29, 0.717) is 0 Å². The van der Waals surface area contributed by atoms with E-state index in [1.807, 2.05) is 42.9 Å². The zero-order valence-electron chi connectivity index (χ0n) is 16.7. The molecule has 6 rings (SSSR count). The summed E-state index contributed by atoms with van der Waals surface area (Å²) >= 11 is 0. The Morgan fingerprint density at radius 3 is 2.19 bits per heavy atom. The Bertz CT molecular complexity index is 1500. The third kappa shape index (κ3) is 3.06. The minimum Gasteiger partial charge on any atom is -0.298 e. The van der Waals surface area contributed by atoms with Crippen LogP contribution in [0.5, 0.6) is 0 Å². The molecule has 0 unspecified atom stereocenters. The van der Waals surface area contributed by atoms with Gasteiger partial charge in [0.2, 0.25) is 0 Å². The van der Waals surface area contributed by atoms with Crippen molar-refractivity contribution in [2.45, 2.75) is 0 Å². The van der Waals surface area contributed by atoms with Gasteiger partial charge in [-0.2, -0.15) is 0 Å². The molecule has 0 radical (unpaired) electrons. The number of nitrogens with zero attached hydrogens (tertiary/aromatic N) is 4. The van der Waals surface area contributed by atoms with Crippen molar-refractivity contribution >= 4 is 16.7 Å². The summed E-state index contributed by atoms with van der Waals surface area (Å²) in [6, 6.07) is 29.2. The summed E-state index contributed by atoms with van der Waals surface area (Å²) in [6.45, 7) is 0. The molecular formula is C27H18N4. The van der Waals surface area contributed by atoms with Gasteiger partial charge in [0.15, 0.2) is 5.65 Å². The first-order valence-electron chi connectivity index (χ1n) is 10.2. The Morgan fingerprint density at radius 2 is 1.39 bits per heavy atom. The molecular weight excluding hydrogens is 380 g/mol. The predicted octanol–water partition coefficient (Wildman–Crippen LogP) is 6.28. The second-order valence-corrected chi connectivity index (χ2v) is 7.48. The lowest BCUT2D eigenvalue weighted by Gasteiger charge is -2.10. The number of hydrogen-bond donors (Lipinski definition) is 0. The topological polar surface area (TPSA) is 43.1 Å². The van der Waals surface area contributed by atoms with E-state index >= 15 is 0 Å². The van der Waals surface area contributed by atoms with Gasteiger partial charge in [-0.15, -0.1) is 0 Å². The molecule has 0 aliphatic rings. The standard InChI is InChI=1S/C27H18N4/c1-2-6-19(7-3-1)20-10-12-21(13-11-20)26-25-9-5-15-31(25)27-24(30-26)16-23(18-29-27)22-8-4-14-28-17-22/h1-18H. The SMILES string of the molecule is c1ccc(-c2ccc(-c3nc4cc(-c5cccnc5)cnc4n4cccc34)cc2)cc1. The van der Waals surface area contributed by atoms with Crippen LogP contribution < -0.4 is 0 Å². The molecule has 0 spiro atoms. The van der Waals surface area contributed by atoms with Gasteiger partial charge >= 0.3 is 0 Å². The molecule has 146 valence electrons. The van der Waals surface area contributed by atoms with Crippen molar-refractivity contribution in [3.63, 3.8) is 0 Å². The smallest absolute Gasteiger partial charge is 0.163 e. The van der Waals surface area contributed by atoms with Crippen LogP contribution in [-0.4, -0.2) is 19.4 Å². The van der Waals surface area contributed by atoms with E-state index in [9.17, 15) is 0 Å². The molecule has 6 aromatic rings. The highest BCUT2D eigenvalue weighted by molar-refractivity contribution is 5.88. The monoisotopic (exact) mass is 398 g/mol. The molecule has 4 heteroatoms. The molecule has 0 atom stereocenters. The van der Waals surface area contributed by atoms with Gasteiger partial charge in [-0.1, -0.05) is 60.7 Å². The van der Waals surface area contributed by atoms with Crippen LogP contribution in [0.1, 0.15) is 0 Å². The highest BCUT2D eigenvalue weighted by atomic mass is 15.0. The van der Waals surface area contributed by atoms with E-state index < -0.39 is 0 Å². The zero-order valence-corrected chi connectivity index (χ0v) is 16.7. The molecule has 0 saturated carbocycles. The van der Waals surface area contributed by atoms with Crippen LogP contribution in [0.4, 0.5) is 0 Å². The first kappa shape index (κ1) is 17.5. The summed E-state index contributed by atoms with van der Waals surface area (Å²) in [7, 11) is 0. The van der Waals surface area contributed by atoms with Crippen molar-refractivity contribution < 1.29 is 0 Å². The van der Waals surface area contributed by atoms with Crippen LogP contribution in [0.15, 0.2) is 110 Å². The maximum Gasteiger partial charge on any atom is 0.163 e. The average molecular weight is 398 g/mol. The molecule has 0 bridgehead atoms. The summed E-state index contributed by atoms with van der Waals surface area (Å²) < 4.78 is 2.11. The van der Waals surface area contributed by atoms with Gasteiger partial charge < -0.3 is 0 Å². The number of fused-ring (bicyclic) bond motifs is 3. The van der Waals surface area contributed by atoms with Crippen molar-refractivity contribution in [1.82, 2.24) is 19.4 Å². The summed E-state index contributed by atoms with van der Waals surface area (Å²) in [4.78, 5) is 14.0. The lowest BCUT2D eigenvalue weighted by atomic mass is 10.0. The number of rotatable bonds is 3. The number of aromatic nitrogens is 4. The zero-order chi connectivity index (χ0) is 20.6. The molecule has 4 heterocycles. The van der Waals surface area contributed by atoms with Crippen LogP contribution in [0, 0.1) is 0 Å². The minimum atomic E-state index is 0.845. The van der Waals surface area contributed by atoms with Gasteiger partial charge in [0.1, 0.15) is 5.52 Å². The van der Waals surface area contributed by atoms with Crippen LogP contribution in [0.3, 0.4) is 0 Å². The number of benzene rings is 2. The Hall–Kier alpha value is -4.31. The van der Waals surface area contributed by atoms with Gasteiger partial charge in [-0.05, 0) is 35.4 Å². The first-order chi connectivity index (χ1) is 15.4. The van der Waals surface area contributed by atoms with Gasteiger partial charge in [0.25, 0.3) is 0 Å². The highest BCUT2D eigenvalue weighted by Crippen LogP contribution is 2.30. The van der Waals surface area contributed by atoms with Crippen molar-refractivity contribution in [1.29, 1.82) is 0 Å². The van der Waals surface area contributed by atoms with E-state index in [-0.39, 0.29) is 0 Å². The third-order valence-corrected chi connectivity index (χ3v) is 5.56. The summed E-state index contributed by atoms with van der Waals surface area (Å²) in [5, 5.41) is 0. The van der Waals surface area contributed by atoms with Crippen LogP contribution in [0.2, 0.25) is 0 Å². The van der Waals surface area contributed by atoms with Crippen LogP contribution in [-0.2, 0) is 0 Å². The Morgan fingerprint density at radius 1 is 0.613 bits per heavy atom. The van der Waals surface area contributed by atoms with Crippen molar-refractivity contribution in [2.24, 2.45) is 0 Å². The second-order valence-electron chi connectivity index (χ2n) is 7.48. The van der Waals surface area contributed by atoms with Crippen molar-refractivity contribution in [3.8, 4) is 33.5 Å². The summed E-state index contributed by atoms with van der Waals surface area (Å²) in [6.07, 6.45) is 7.55. The number of pyridine rings is 2. The fourth-order valence-electron chi connectivity index (χ4n) is 4.01. The molecule has 0 fully saturated rings.